The van der Waals surface area contributed by atoms with Gasteiger partial charge in [-0.15, -0.1) is 0 Å². The number of hydrogen-bond acceptors (Lipinski definition) is 3. The zero-order valence-electron chi connectivity index (χ0n) is 16.6. The molecule has 0 atom stereocenters. The van der Waals surface area contributed by atoms with E-state index in [1.807, 2.05) is 24.3 Å². The summed E-state index contributed by atoms with van der Waals surface area (Å²) in [4.78, 5) is 18.0. The van der Waals surface area contributed by atoms with Gasteiger partial charge in [-0.05, 0) is 42.0 Å². The summed E-state index contributed by atoms with van der Waals surface area (Å²) >= 11 is 0. The molecule has 28 heavy (non-hydrogen) atoms. The van der Waals surface area contributed by atoms with Crippen LogP contribution in [0, 0.1) is 0 Å². The lowest BCUT2D eigenvalue weighted by Crippen LogP contribution is -2.25. The van der Waals surface area contributed by atoms with Crippen LogP contribution >= 0.6 is 0 Å². The van der Waals surface area contributed by atoms with E-state index in [0.29, 0.717) is 17.2 Å². The molecule has 1 aliphatic carbocycles. The summed E-state index contributed by atoms with van der Waals surface area (Å²) in [6.45, 7) is 4.36. The molecule has 1 aromatic heterocycles. The fourth-order valence-electron chi connectivity index (χ4n) is 3.97. The van der Waals surface area contributed by atoms with Crippen LogP contribution in [0.25, 0.3) is 10.9 Å². The van der Waals surface area contributed by atoms with Gasteiger partial charge in [0.1, 0.15) is 5.82 Å². The molecule has 0 aliphatic heterocycles. The van der Waals surface area contributed by atoms with E-state index < -0.39 is 0 Å². The average molecular weight is 374 g/mol. The first-order valence-corrected chi connectivity index (χ1v) is 10.3. The first-order chi connectivity index (χ1) is 13.6. The maximum Gasteiger partial charge on any atom is 0.282 e. The van der Waals surface area contributed by atoms with Crippen LogP contribution in [0.4, 0.5) is 0 Å². The van der Waals surface area contributed by atoms with E-state index in [1.165, 1.54) is 29.5 Å². The van der Waals surface area contributed by atoms with Gasteiger partial charge in [-0.3, -0.25) is 4.79 Å². The number of hydrogen-bond donors (Lipinski definition) is 0. The molecule has 144 valence electrons. The minimum Gasteiger partial charge on any atom is -0.267 e. The van der Waals surface area contributed by atoms with Crippen LogP contribution in [-0.4, -0.2) is 15.9 Å². The van der Waals surface area contributed by atoms with Crippen LogP contribution in [0.3, 0.4) is 0 Å². The highest BCUT2D eigenvalue weighted by atomic mass is 16.1. The van der Waals surface area contributed by atoms with Crippen molar-refractivity contribution in [1.29, 1.82) is 0 Å². The molecule has 0 unspecified atom stereocenters. The minimum absolute atomic E-state index is 0.0822. The fourth-order valence-corrected chi connectivity index (χ4v) is 3.97. The van der Waals surface area contributed by atoms with E-state index in [1.54, 1.807) is 6.21 Å². The van der Waals surface area contributed by atoms with Crippen molar-refractivity contribution >= 4 is 17.1 Å². The SMILES string of the molecule is CC(C)c1ccc(C=Nn2c(C3CCCCC3)nc3ccccc3c2=O)cc1. The van der Waals surface area contributed by atoms with Gasteiger partial charge in [0.25, 0.3) is 5.56 Å². The largest absolute Gasteiger partial charge is 0.282 e. The average Bonchev–Trinajstić information content (AvgIpc) is 2.74. The molecule has 1 aliphatic rings. The van der Waals surface area contributed by atoms with Crippen molar-refractivity contribution in [1.82, 2.24) is 9.66 Å². The second-order valence-electron chi connectivity index (χ2n) is 8.00. The molecule has 1 saturated carbocycles. The van der Waals surface area contributed by atoms with Gasteiger partial charge >= 0.3 is 0 Å². The Morgan fingerprint density at radius 1 is 1.04 bits per heavy atom. The molecule has 0 bridgehead atoms. The number of nitrogens with zero attached hydrogens (tertiary/aromatic N) is 3. The summed E-state index contributed by atoms with van der Waals surface area (Å²) in [7, 11) is 0. The normalized spacial score (nSPS) is 15.7. The first-order valence-electron chi connectivity index (χ1n) is 10.3. The summed E-state index contributed by atoms with van der Waals surface area (Å²) < 4.78 is 1.54. The van der Waals surface area contributed by atoms with Gasteiger partial charge in [0.2, 0.25) is 0 Å². The van der Waals surface area contributed by atoms with E-state index in [-0.39, 0.29) is 5.56 Å². The number of aromatic nitrogens is 2. The third kappa shape index (κ3) is 3.77. The van der Waals surface area contributed by atoms with Gasteiger partial charge in [-0.1, -0.05) is 69.5 Å². The Labute approximate surface area is 165 Å². The van der Waals surface area contributed by atoms with Crippen molar-refractivity contribution in [3.8, 4) is 0 Å². The Kier molecular flexibility index (Phi) is 5.38. The van der Waals surface area contributed by atoms with Crippen LogP contribution in [0.15, 0.2) is 58.4 Å². The molecule has 0 N–H and O–H groups in total. The summed E-state index contributed by atoms with van der Waals surface area (Å²) in [6.07, 6.45) is 7.56. The Balaban J connectivity index is 1.77. The second kappa shape index (κ2) is 8.09. The molecular weight excluding hydrogens is 346 g/mol. The minimum atomic E-state index is -0.0822. The lowest BCUT2D eigenvalue weighted by atomic mass is 9.88. The predicted molar refractivity (Wildman–Crippen MR) is 115 cm³/mol. The molecule has 0 spiro atoms. The van der Waals surface area contributed by atoms with Gasteiger partial charge in [0, 0.05) is 5.92 Å². The van der Waals surface area contributed by atoms with E-state index in [4.69, 9.17) is 4.98 Å². The lowest BCUT2D eigenvalue weighted by Gasteiger charge is -2.22. The van der Waals surface area contributed by atoms with Crippen molar-refractivity contribution in [2.75, 3.05) is 0 Å². The Bertz CT molecular complexity index is 1040. The maximum absolute atomic E-state index is 13.2. The molecule has 1 heterocycles. The van der Waals surface area contributed by atoms with Crippen LogP contribution in [0.5, 0.6) is 0 Å². The standard InChI is InChI=1S/C24H27N3O/c1-17(2)19-14-12-18(13-15-19)16-25-27-23(20-8-4-3-5-9-20)26-22-11-7-6-10-21(22)24(27)28/h6-7,10-17,20H,3-5,8-9H2,1-2H3. The molecule has 4 heteroatoms. The van der Waals surface area contributed by atoms with Gasteiger partial charge in [0.05, 0.1) is 17.1 Å². The smallest absolute Gasteiger partial charge is 0.267 e. The van der Waals surface area contributed by atoms with Crippen molar-refractivity contribution in [3.05, 3.63) is 75.8 Å². The van der Waals surface area contributed by atoms with Crippen LogP contribution < -0.4 is 5.56 Å². The summed E-state index contributed by atoms with van der Waals surface area (Å²) in [6, 6.07) is 15.9. The number of fused-ring (bicyclic) bond motifs is 1. The number of para-hydroxylation sites is 1. The van der Waals surface area contributed by atoms with Gasteiger partial charge in [-0.2, -0.15) is 9.78 Å². The molecule has 3 aromatic rings. The van der Waals surface area contributed by atoms with E-state index >= 15 is 0 Å². The van der Waals surface area contributed by atoms with Gasteiger partial charge < -0.3 is 0 Å². The molecule has 4 nitrogen and oxygen atoms in total. The highest BCUT2D eigenvalue weighted by Crippen LogP contribution is 2.31. The van der Waals surface area contributed by atoms with Crippen molar-refractivity contribution in [2.24, 2.45) is 5.10 Å². The molecule has 0 amide bonds. The summed E-state index contributed by atoms with van der Waals surface area (Å²) in [5.74, 6) is 1.60. The monoisotopic (exact) mass is 373 g/mol. The number of benzene rings is 2. The first kappa shape index (κ1) is 18.6. The van der Waals surface area contributed by atoms with Crippen molar-refractivity contribution < 1.29 is 0 Å². The third-order valence-corrected chi connectivity index (χ3v) is 5.67. The zero-order chi connectivity index (χ0) is 19.5. The topological polar surface area (TPSA) is 47.2 Å². The Hall–Kier alpha value is -2.75. The van der Waals surface area contributed by atoms with Crippen LogP contribution in [0.2, 0.25) is 0 Å². The van der Waals surface area contributed by atoms with Crippen molar-refractivity contribution in [2.45, 2.75) is 57.8 Å². The highest BCUT2D eigenvalue weighted by Gasteiger charge is 2.22. The van der Waals surface area contributed by atoms with E-state index in [0.717, 1.165) is 29.7 Å². The molecule has 0 radical (unpaired) electrons. The third-order valence-electron chi connectivity index (χ3n) is 5.67. The lowest BCUT2D eigenvalue weighted by molar-refractivity contribution is 0.416. The molecule has 0 saturated heterocycles. The van der Waals surface area contributed by atoms with Gasteiger partial charge in [0.15, 0.2) is 0 Å². The molecule has 1 fully saturated rings. The Morgan fingerprint density at radius 2 is 1.75 bits per heavy atom. The summed E-state index contributed by atoms with van der Waals surface area (Å²) in [5, 5.41) is 5.21. The Morgan fingerprint density at radius 3 is 2.46 bits per heavy atom. The molecular formula is C24H27N3O. The molecule has 4 rings (SSSR count). The van der Waals surface area contributed by atoms with Crippen molar-refractivity contribution in [3.63, 3.8) is 0 Å². The maximum atomic E-state index is 13.2. The van der Waals surface area contributed by atoms with Crippen LogP contribution in [0.1, 0.15) is 74.7 Å². The fraction of sp³-hybridized carbons (Fsp3) is 0.375. The van der Waals surface area contributed by atoms with E-state index in [2.05, 4.69) is 43.2 Å². The van der Waals surface area contributed by atoms with Crippen LogP contribution in [-0.2, 0) is 0 Å². The van der Waals surface area contributed by atoms with E-state index in [9.17, 15) is 4.79 Å². The second-order valence-corrected chi connectivity index (χ2v) is 8.00. The predicted octanol–water partition coefficient (Wildman–Crippen LogP) is 5.45. The number of rotatable bonds is 4. The molecule has 2 aromatic carbocycles. The quantitative estimate of drug-likeness (QED) is 0.571. The zero-order valence-corrected chi connectivity index (χ0v) is 16.6. The highest BCUT2D eigenvalue weighted by molar-refractivity contribution is 5.80. The summed E-state index contributed by atoms with van der Waals surface area (Å²) in [5.41, 5.74) is 2.96. The van der Waals surface area contributed by atoms with Gasteiger partial charge in [-0.25, -0.2) is 4.98 Å².